The van der Waals surface area contributed by atoms with E-state index >= 15 is 0 Å². The monoisotopic (exact) mass is 307 g/mol. The number of hydrogen-bond acceptors (Lipinski definition) is 5. The van der Waals surface area contributed by atoms with Gasteiger partial charge in [-0.25, -0.2) is 26.3 Å². The number of anilines is 1. The van der Waals surface area contributed by atoms with Crippen molar-refractivity contribution in [1.29, 1.82) is 0 Å². The Balaban J connectivity index is 2.64. The highest BCUT2D eigenvalue weighted by molar-refractivity contribution is 7.90. The molecule has 0 heterocycles. The molecule has 0 amide bonds. The molecule has 0 fully saturated rings. The quantitative estimate of drug-likeness (QED) is 0.586. The molecule has 4 N–H and O–H groups in total. The van der Waals surface area contributed by atoms with Gasteiger partial charge >= 0.3 is 0 Å². The van der Waals surface area contributed by atoms with E-state index < -0.39 is 20.0 Å². The van der Waals surface area contributed by atoms with Gasteiger partial charge in [-0.2, -0.15) is 0 Å². The minimum absolute atomic E-state index is 0.0440. The van der Waals surface area contributed by atoms with Crippen molar-refractivity contribution in [3.63, 3.8) is 0 Å². The second-order valence-corrected chi connectivity index (χ2v) is 7.48. The maximum atomic E-state index is 11.8. The maximum absolute atomic E-state index is 11.8. The first-order valence-electron chi connectivity index (χ1n) is 5.59. The molecular formula is C10H17N3O4S2. The van der Waals surface area contributed by atoms with Gasteiger partial charge in [0.25, 0.3) is 0 Å². The molecule has 0 aliphatic heterocycles. The Morgan fingerprint density at radius 3 is 2.16 bits per heavy atom. The average molecular weight is 307 g/mol. The van der Waals surface area contributed by atoms with Gasteiger partial charge in [0.2, 0.25) is 20.0 Å². The molecule has 0 aliphatic carbocycles. The Morgan fingerprint density at radius 2 is 1.63 bits per heavy atom. The lowest BCUT2D eigenvalue weighted by Crippen LogP contribution is -2.34. The van der Waals surface area contributed by atoms with Crippen LogP contribution >= 0.6 is 0 Å². The van der Waals surface area contributed by atoms with Crippen LogP contribution in [0.2, 0.25) is 0 Å². The molecule has 0 unspecified atom stereocenters. The van der Waals surface area contributed by atoms with Crippen molar-refractivity contribution in [2.24, 2.45) is 0 Å². The van der Waals surface area contributed by atoms with Crippen LogP contribution < -0.4 is 15.2 Å². The molecule has 7 nitrogen and oxygen atoms in total. The van der Waals surface area contributed by atoms with E-state index in [9.17, 15) is 16.8 Å². The van der Waals surface area contributed by atoms with Crippen LogP contribution in [0.25, 0.3) is 0 Å². The van der Waals surface area contributed by atoms with Crippen molar-refractivity contribution in [3.8, 4) is 0 Å². The highest BCUT2D eigenvalue weighted by Gasteiger charge is 2.15. The van der Waals surface area contributed by atoms with Crippen molar-refractivity contribution in [2.45, 2.75) is 11.8 Å². The predicted octanol–water partition coefficient (Wildman–Crippen LogP) is -0.514. The fourth-order valence-electron chi connectivity index (χ4n) is 1.33. The third kappa shape index (κ3) is 5.15. The molecule has 0 saturated carbocycles. The Bertz CT molecular complexity index is 609. The second-order valence-electron chi connectivity index (χ2n) is 3.78. The molecule has 0 spiro atoms. The second kappa shape index (κ2) is 6.33. The number of sulfonamides is 2. The molecule has 1 aromatic carbocycles. The first kappa shape index (κ1) is 15.9. The van der Waals surface area contributed by atoms with E-state index in [4.69, 9.17) is 5.73 Å². The molecule has 0 radical (unpaired) electrons. The number of benzene rings is 1. The number of rotatable bonds is 7. The van der Waals surface area contributed by atoms with Crippen molar-refractivity contribution in [3.05, 3.63) is 24.3 Å². The van der Waals surface area contributed by atoms with Crippen LogP contribution in [0.3, 0.4) is 0 Å². The van der Waals surface area contributed by atoms with Crippen LogP contribution in [0.4, 0.5) is 5.69 Å². The van der Waals surface area contributed by atoms with Crippen LogP contribution in [-0.2, 0) is 20.0 Å². The molecule has 0 bridgehead atoms. The summed E-state index contributed by atoms with van der Waals surface area (Å²) in [5, 5.41) is 0. The third-order valence-electron chi connectivity index (χ3n) is 2.22. The van der Waals surface area contributed by atoms with Gasteiger partial charge in [0.05, 0.1) is 10.6 Å². The number of hydrogen-bond donors (Lipinski definition) is 3. The lowest BCUT2D eigenvalue weighted by Gasteiger charge is -2.07. The topological polar surface area (TPSA) is 118 Å². The van der Waals surface area contributed by atoms with Gasteiger partial charge in [0.1, 0.15) is 0 Å². The largest absolute Gasteiger partial charge is 0.399 e. The van der Waals surface area contributed by atoms with Gasteiger partial charge in [-0.3, -0.25) is 0 Å². The van der Waals surface area contributed by atoms with Crippen molar-refractivity contribution in [1.82, 2.24) is 9.44 Å². The van der Waals surface area contributed by atoms with Crippen molar-refractivity contribution < 1.29 is 16.8 Å². The van der Waals surface area contributed by atoms with Crippen LogP contribution in [0.15, 0.2) is 29.2 Å². The molecule has 0 atom stereocenters. The van der Waals surface area contributed by atoms with Crippen LogP contribution in [0.1, 0.15) is 6.92 Å². The number of nitrogens with two attached hydrogens (primary N) is 1. The van der Waals surface area contributed by atoms with E-state index in [1.807, 2.05) is 0 Å². The summed E-state index contributed by atoms with van der Waals surface area (Å²) in [7, 11) is -7.15. The van der Waals surface area contributed by atoms with E-state index in [-0.39, 0.29) is 23.7 Å². The van der Waals surface area contributed by atoms with Crippen LogP contribution in [0, 0.1) is 0 Å². The lowest BCUT2D eigenvalue weighted by atomic mass is 10.3. The Labute approximate surface area is 113 Å². The van der Waals surface area contributed by atoms with Gasteiger partial charge in [-0.1, -0.05) is 6.92 Å². The van der Waals surface area contributed by atoms with Gasteiger partial charge in [-0.15, -0.1) is 0 Å². The molecule has 19 heavy (non-hydrogen) atoms. The highest BCUT2D eigenvalue weighted by Crippen LogP contribution is 2.10. The third-order valence-corrected chi connectivity index (χ3v) is 5.16. The van der Waals surface area contributed by atoms with Gasteiger partial charge < -0.3 is 5.73 Å². The summed E-state index contributed by atoms with van der Waals surface area (Å²) in [6.07, 6.45) is 0. The summed E-state index contributed by atoms with van der Waals surface area (Å²) in [4.78, 5) is 0.0440. The molecule has 108 valence electrons. The standard InChI is InChI=1S/C10H17N3O4S2/c1-2-12-18(14,15)8-7-13-19(16,17)10-5-3-9(11)4-6-10/h3-6,12-13H,2,7-8,11H2,1H3. The average Bonchev–Trinajstić information content (AvgIpc) is 2.28. The normalized spacial score (nSPS) is 12.5. The molecule has 0 aromatic heterocycles. The molecule has 1 aromatic rings. The summed E-state index contributed by atoms with van der Waals surface area (Å²) in [5.74, 6) is -0.310. The Hall–Kier alpha value is -1.16. The van der Waals surface area contributed by atoms with E-state index in [0.29, 0.717) is 5.69 Å². The van der Waals surface area contributed by atoms with E-state index in [1.54, 1.807) is 6.92 Å². The van der Waals surface area contributed by atoms with Crippen LogP contribution in [-0.4, -0.2) is 35.7 Å². The SMILES string of the molecule is CCNS(=O)(=O)CCNS(=O)(=O)c1ccc(N)cc1. The maximum Gasteiger partial charge on any atom is 0.240 e. The van der Waals surface area contributed by atoms with E-state index in [1.165, 1.54) is 24.3 Å². The first-order valence-corrected chi connectivity index (χ1v) is 8.73. The highest BCUT2D eigenvalue weighted by atomic mass is 32.2. The summed E-state index contributed by atoms with van der Waals surface area (Å²) in [5.41, 5.74) is 5.91. The molecular weight excluding hydrogens is 290 g/mol. The Morgan fingerprint density at radius 1 is 1.05 bits per heavy atom. The molecule has 9 heteroatoms. The Kier molecular flexibility index (Phi) is 5.29. The zero-order chi connectivity index (χ0) is 14.5. The lowest BCUT2D eigenvalue weighted by molar-refractivity contribution is 0.576. The molecule has 1 rings (SSSR count). The van der Waals surface area contributed by atoms with E-state index in [2.05, 4.69) is 9.44 Å². The van der Waals surface area contributed by atoms with Gasteiger partial charge in [-0.05, 0) is 24.3 Å². The minimum atomic E-state index is -3.71. The fourth-order valence-corrected chi connectivity index (χ4v) is 3.45. The zero-order valence-electron chi connectivity index (χ0n) is 10.5. The summed E-state index contributed by atoms with van der Waals surface area (Å²) >= 11 is 0. The number of nitrogens with one attached hydrogen (secondary N) is 2. The fraction of sp³-hybridized carbons (Fsp3) is 0.400. The van der Waals surface area contributed by atoms with Crippen LogP contribution in [0.5, 0.6) is 0 Å². The first-order chi connectivity index (χ1) is 8.77. The van der Waals surface area contributed by atoms with E-state index in [0.717, 1.165) is 0 Å². The predicted molar refractivity (Wildman–Crippen MR) is 73.5 cm³/mol. The van der Waals surface area contributed by atoms with Crippen molar-refractivity contribution >= 4 is 25.7 Å². The van der Waals surface area contributed by atoms with Gasteiger partial charge in [0, 0.05) is 18.8 Å². The minimum Gasteiger partial charge on any atom is -0.399 e. The smallest absolute Gasteiger partial charge is 0.240 e. The summed E-state index contributed by atoms with van der Waals surface area (Å²) < 4.78 is 50.8. The van der Waals surface area contributed by atoms with Gasteiger partial charge in [0.15, 0.2) is 0 Å². The zero-order valence-corrected chi connectivity index (χ0v) is 12.1. The summed E-state index contributed by atoms with van der Waals surface area (Å²) in [6.45, 7) is 1.73. The molecule has 0 saturated heterocycles. The summed E-state index contributed by atoms with van der Waals surface area (Å²) in [6, 6.07) is 5.64. The number of nitrogen functional groups attached to an aromatic ring is 1. The molecule has 0 aliphatic rings. The van der Waals surface area contributed by atoms with Crippen molar-refractivity contribution in [2.75, 3.05) is 24.6 Å².